The zero-order valence-electron chi connectivity index (χ0n) is 15.0. The van der Waals surface area contributed by atoms with Crippen molar-refractivity contribution < 1.29 is 12.6 Å². The number of hydrogen-bond acceptors (Lipinski definition) is 3. The van der Waals surface area contributed by atoms with E-state index in [0.717, 1.165) is 25.7 Å². The highest BCUT2D eigenvalue weighted by atomic mass is 32.2. The minimum Gasteiger partial charge on any atom is -0.264 e. The highest BCUT2D eigenvalue weighted by Gasteiger charge is 2.62. The molecule has 130 valence electrons. The number of benzene rings is 1. The van der Waals surface area contributed by atoms with Crippen molar-refractivity contribution >= 4 is 18.2 Å². The lowest BCUT2D eigenvalue weighted by atomic mass is 9.90. The molecule has 1 aromatic rings. The van der Waals surface area contributed by atoms with Crippen LogP contribution in [0.15, 0.2) is 30.3 Å². The quantitative estimate of drug-likeness (QED) is 0.498. The Morgan fingerprint density at radius 2 is 1.87 bits per heavy atom. The van der Waals surface area contributed by atoms with Gasteiger partial charge in [0, 0.05) is 0 Å². The topological polar surface area (TPSA) is 43.4 Å². The molecule has 3 unspecified atom stereocenters. The third-order valence-electron chi connectivity index (χ3n) is 5.07. The Labute approximate surface area is 142 Å². The van der Waals surface area contributed by atoms with Crippen molar-refractivity contribution in [2.24, 2.45) is 0 Å². The Morgan fingerprint density at radius 1 is 1.26 bits per heavy atom. The molecule has 5 heteroatoms. The first-order valence-corrected chi connectivity index (χ1v) is 13.9. The lowest BCUT2D eigenvalue weighted by Crippen LogP contribution is -2.30. The van der Waals surface area contributed by atoms with Crippen molar-refractivity contribution in [1.82, 2.24) is 0 Å². The van der Waals surface area contributed by atoms with Gasteiger partial charge in [0.15, 0.2) is 0 Å². The number of hydrogen-bond donors (Lipinski definition) is 0. The van der Waals surface area contributed by atoms with E-state index in [1.807, 2.05) is 6.07 Å². The van der Waals surface area contributed by atoms with Crippen LogP contribution in [0.2, 0.25) is 25.2 Å². The summed E-state index contributed by atoms with van der Waals surface area (Å²) in [5, 5.41) is 0. The number of rotatable bonds is 8. The predicted octanol–water partition coefficient (Wildman–Crippen LogP) is 4.79. The van der Waals surface area contributed by atoms with Gasteiger partial charge in [-0.3, -0.25) is 4.18 Å². The van der Waals surface area contributed by atoms with Crippen LogP contribution in [0.3, 0.4) is 0 Å². The molecule has 1 fully saturated rings. The van der Waals surface area contributed by atoms with E-state index < -0.39 is 23.8 Å². The van der Waals surface area contributed by atoms with Crippen molar-refractivity contribution in [1.29, 1.82) is 0 Å². The highest BCUT2D eigenvalue weighted by molar-refractivity contribution is 7.86. The summed E-state index contributed by atoms with van der Waals surface area (Å²) in [7, 11) is -4.82. The van der Waals surface area contributed by atoms with E-state index in [2.05, 4.69) is 50.8 Å². The first kappa shape index (κ1) is 18.7. The van der Waals surface area contributed by atoms with Gasteiger partial charge in [0.05, 0.1) is 19.9 Å². The molecule has 0 spiro atoms. The summed E-state index contributed by atoms with van der Waals surface area (Å²) in [5.41, 5.74) is 1.35. The summed E-state index contributed by atoms with van der Waals surface area (Å²) in [6, 6.07) is 10.5. The van der Waals surface area contributed by atoms with Gasteiger partial charge in [-0.15, -0.1) is 0 Å². The highest BCUT2D eigenvalue weighted by Crippen LogP contribution is 2.61. The first-order chi connectivity index (χ1) is 10.6. The SMILES string of the molecule is CCC(CCC1(OS(C)(=O)=O)CC1[Si](C)(C)C)c1ccccc1. The summed E-state index contributed by atoms with van der Waals surface area (Å²) in [6.07, 6.45) is 4.97. The van der Waals surface area contributed by atoms with Crippen molar-refractivity contribution in [3.8, 4) is 0 Å². The maximum Gasteiger partial charge on any atom is 0.264 e. The molecule has 0 saturated heterocycles. The second-order valence-electron chi connectivity index (χ2n) is 8.03. The normalized spacial score (nSPS) is 26.0. The fourth-order valence-corrected chi connectivity index (χ4v) is 7.54. The van der Waals surface area contributed by atoms with Gasteiger partial charge in [-0.2, -0.15) is 8.42 Å². The molecule has 1 aliphatic carbocycles. The Hall–Kier alpha value is -0.653. The average Bonchev–Trinajstić information content (AvgIpc) is 3.13. The van der Waals surface area contributed by atoms with Crippen LogP contribution in [-0.2, 0) is 14.3 Å². The van der Waals surface area contributed by atoms with E-state index in [1.54, 1.807) is 0 Å². The average molecular weight is 355 g/mol. The van der Waals surface area contributed by atoms with Crippen LogP contribution in [0.25, 0.3) is 0 Å². The zero-order chi connectivity index (χ0) is 17.3. The lowest BCUT2D eigenvalue weighted by Gasteiger charge is -2.25. The van der Waals surface area contributed by atoms with Crippen molar-refractivity contribution in [2.75, 3.05) is 6.26 Å². The molecule has 0 amide bonds. The fraction of sp³-hybridized carbons (Fsp3) is 0.667. The fourth-order valence-electron chi connectivity index (χ4n) is 3.84. The van der Waals surface area contributed by atoms with Gasteiger partial charge in [0.25, 0.3) is 10.1 Å². The van der Waals surface area contributed by atoms with Crippen molar-refractivity contribution in [2.45, 2.75) is 69.3 Å². The predicted molar refractivity (Wildman–Crippen MR) is 99.1 cm³/mol. The van der Waals surface area contributed by atoms with Gasteiger partial charge in [0.2, 0.25) is 0 Å². The van der Waals surface area contributed by atoms with Crippen LogP contribution < -0.4 is 0 Å². The summed E-state index contributed by atoms with van der Waals surface area (Å²) >= 11 is 0. The minimum absolute atomic E-state index is 0.430. The van der Waals surface area contributed by atoms with Gasteiger partial charge >= 0.3 is 0 Å². The van der Waals surface area contributed by atoms with Crippen molar-refractivity contribution in [3.05, 3.63) is 35.9 Å². The molecule has 3 atom stereocenters. The Kier molecular flexibility index (Phi) is 5.43. The molecule has 2 rings (SSSR count). The van der Waals surface area contributed by atoms with Gasteiger partial charge in [0.1, 0.15) is 0 Å². The largest absolute Gasteiger partial charge is 0.264 e. The van der Waals surface area contributed by atoms with E-state index >= 15 is 0 Å². The third kappa shape index (κ3) is 4.91. The second-order valence-corrected chi connectivity index (χ2v) is 15.0. The molecule has 1 aromatic carbocycles. The maximum absolute atomic E-state index is 11.7. The molecule has 3 nitrogen and oxygen atoms in total. The van der Waals surface area contributed by atoms with Crippen LogP contribution in [0.1, 0.15) is 44.1 Å². The molecular weight excluding hydrogens is 324 g/mol. The molecule has 0 radical (unpaired) electrons. The zero-order valence-corrected chi connectivity index (χ0v) is 16.8. The molecule has 0 heterocycles. The summed E-state index contributed by atoms with van der Waals surface area (Å²) in [4.78, 5) is 0. The maximum atomic E-state index is 11.7. The molecule has 1 saturated carbocycles. The monoisotopic (exact) mass is 354 g/mol. The van der Waals surface area contributed by atoms with E-state index in [0.29, 0.717) is 11.5 Å². The van der Waals surface area contributed by atoms with Crippen LogP contribution in [0.4, 0.5) is 0 Å². The van der Waals surface area contributed by atoms with Gasteiger partial charge in [-0.05, 0) is 42.7 Å². The lowest BCUT2D eigenvalue weighted by molar-refractivity contribution is 0.171. The first-order valence-electron chi connectivity index (χ1n) is 8.53. The van der Waals surface area contributed by atoms with Gasteiger partial charge in [-0.1, -0.05) is 56.9 Å². The van der Waals surface area contributed by atoms with Crippen LogP contribution in [-0.4, -0.2) is 28.3 Å². The van der Waals surface area contributed by atoms with Crippen LogP contribution >= 0.6 is 0 Å². The van der Waals surface area contributed by atoms with Gasteiger partial charge in [-0.25, -0.2) is 0 Å². The van der Waals surface area contributed by atoms with Crippen molar-refractivity contribution in [3.63, 3.8) is 0 Å². The molecule has 0 bridgehead atoms. The third-order valence-corrected chi connectivity index (χ3v) is 8.52. The smallest absolute Gasteiger partial charge is 0.264 e. The van der Waals surface area contributed by atoms with Crippen LogP contribution in [0.5, 0.6) is 0 Å². The molecule has 0 aromatic heterocycles. The van der Waals surface area contributed by atoms with E-state index in [9.17, 15) is 8.42 Å². The summed E-state index contributed by atoms with van der Waals surface area (Å²) in [5.74, 6) is 0.471. The van der Waals surface area contributed by atoms with E-state index in [4.69, 9.17) is 4.18 Å². The summed E-state index contributed by atoms with van der Waals surface area (Å²) in [6.45, 7) is 9.11. The molecular formula is C18H30O3SSi. The Morgan fingerprint density at radius 3 is 2.30 bits per heavy atom. The second kappa shape index (κ2) is 6.69. The Balaban J connectivity index is 2.11. The molecule has 1 aliphatic rings. The van der Waals surface area contributed by atoms with Crippen LogP contribution in [0, 0.1) is 0 Å². The van der Waals surface area contributed by atoms with E-state index in [1.165, 1.54) is 11.8 Å². The minimum atomic E-state index is -3.41. The molecule has 0 N–H and O–H groups in total. The van der Waals surface area contributed by atoms with Gasteiger partial charge < -0.3 is 0 Å². The Bertz CT molecular complexity index is 621. The molecule has 0 aliphatic heterocycles. The van der Waals surface area contributed by atoms with E-state index in [-0.39, 0.29) is 0 Å². The molecule has 23 heavy (non-hydrogen) atoms. The standard InChI is InChI=1S/C18H30O3SSi/c1-6-15(16-10-8-7-9-11-16)12-13-18(21-22(2,19)20)14-17(18)23(3,4)5/h7-11,15,17H,6,12-14H2,1-5H3. The summed E-state index contributed by atoms with van der Waals surface area (Å²) < 4.78 is 29.1.